The predicted molar refractivity (Wildman–Crippen MR) is 120 cm³/mol. The molecule has 0 fully saturated rings. The number of hydrogen-bond donors (Lipinski definition) is 1. The summed E-state index contributed by atoms with van der Waals surface area (Å²) in [6.07, 6.45) is 1.32. The second-order valence-corrected chi connectivity index (χ2v) is 8.78. The molecule has 0 aliphatic rings. The van der Waals surface area contributed by atoms with Crippen molar-refractivity contribution in [1.82, 2.24) is 0 Å². The fraction of sp³-hybridized carbons (Fsp3) is 0.364. The van der Waals surface area contributed by atoms with E-state index in [9.17, 15) is 18.0 Å². The molecule has 0 spiro atoms. The molecule has 0 radical (unpaired) electrons. The molecule has 1 amide bonds. The summed E-state index contributed by atoms with van der Waals surface area (Å²) < 4.78 is 36.3. The molecule has 0 heterocycles. The molecule has 0 unspecified atom stereocenters. The van der Waals surface area contributed by atoms with Crippen LogP contribution in [0.3, 0.4) is 0 Å². The first-order valence-electron chi connectivity index (χ1n) is 9.84. The lowest BCUT2D eigenvalue weighted by atomic mass is 10.1. The Labute approximate surface area is 183 Å². The molecule has 0 aromatic heterocycles. The van der Waals surface area contributed by atoms with E-state index in [1.165, 1.54) is 7.11 Å². The summed E-state index contributed by atoms with van der Waals surface area (Å²) >= 11 is 0. The topological polar surface area (TPSA) is 102 Å². The number of sulfonamides is 1. The summed E-state index contributed by atoms with van der Waals surface area (Å²) in [5.41, 5.74) is 1.88. The number of anilines is 2. The largest absolute Gasteiger partial charge is 0.497 e. The Hall–Kier alpha value is -3.07. The molecule has 0 aliphatic heterocycles. The average molecular weight is 449 g/mol. The molecule has 0 saturated carbocycles. The lowest BCUT2D eigenvalue weighted by Crippen LogP contribution is -2.47. The number of carbonyl (C=O) groups is 2. The maximum absolute atomic E-state index is 13.1. The molecule has 8 nitrogen and oxygen atoms in total. The first kappa shape index (κ1) is 24.2. The molecule has 0 saturated heterocycles. The summed E-state index contributed by atoms with van der Waals surface area (Å²) in [5, 5.41) is 2.78. The van der Waals surface area contributed by atoms with Gasteiger partial charge in [0, 0.05) is 5.69 Å². The zero-order valence-corrected chi connectivity index (χ0v) is 19.2. The number of carbonyl (C=O) groups excluding carboxylic acids is 2. The van der Waals surface area contributed by atoms with E-state index in [2.05, 4.69) is 5.32 Å². The Morgan fingerprint density at radius 3 is 2.23 bits per heavy atom. The van der Waals surface area contributed by atoms with Gasteiger partial charge in [0.2, 0.25) is 15.9 Å². The Balaban J connectivity index is 2.32. The third-order valence-electron chi connectivity index (χ3n) is 4.65. The van der Waals surface area contributed by atoms with Crippen LogP contribution in [-0.4, -0.2) is 46.3 Å². The van der Waals surface area contributed by atoms with E-state index in [0.717, 1.165) is 10.6 Å². The average Bonchev–Trinajstić information content (AvgIpc) is 2.72. The van der Waals surface area contributed by atoms with Crippen molar-refractivity contribution < 1.29 is 27.5 Å². The van der Waals surface area contributed by atoms with Gasteiger partial charge in [-0.15, -0.1) is 0 Å². The first-order valence-corrected chi connectivity index (χ1v) is 11.7. The molecule has 168 valence electrons. The van der Waals surface area contributed by atoms with Gasteiger partial charge in [-0.1, -0.05) is 6.92 Å². The Kier molecular flexibility index (Phi) is 8.04. The molecule has 2 aromatic carbocycles. The van der Waals surface area contributed by atoms with Crippen LogP contribution in [0, 0.1) is 6.92 Å². The van der Waals surface area contributed by atoms with Gasteiger partial charge in [0.05, 0.1) is 31.2 Å². The highest BCUT2D eigenvalue weighted by Gasteiger charge is 2.31. The van der Waals surface area contributed by atoms with E-state index in [4.69, 9.17) is 9.47 Å². The van der Waals surface area contributed by atoms with Crippen molar-refractivity contribution in [2.75, 3.05) is 29.6 Å². The minimum atomic E-state index is -3.75. The number of methoxy groups -OCH3 is 1. The molecule has 2 aromatic rings. The number of benzene rings is 2. The Morgan fingerprint density at radius 2 is 1.74 bits per heavy atom. The fourth-order valence-electron chi connectivity index (χ4n) is 3.15. The Morgan fingerprint density at radius 1 is 1.10 bits per heavy atom. The zero-order chi connectivity index (χ0) is 23.2. The maximum atomic E-state index is 13.1. The third-order valence-corrected chi connectivity index (χ3v) is 5.83. The molecular formula is C22H28N2O6S. The van der Waals surface area contributed by atoms with E-state index in [1.807, 2.05) is 0 Å². The highest BCUT2D eigenvalue weighted by atomic mass is 32.2. The molecule has 0 aliphatic carbocycles. The smallest absolute Gasteiger partial charge is 0.338 e. The van der Waals surface area contributed by atoms with E-state index < -0.39 is 27.9 Å². The van der Waals surface area contributed by atoms with Crippen molar-refractivity contribution in [3.8, 4) is 5.75 Å². The van der Waals surface area contributed by atoms with Gasteiger partial charge in [0.1, 0.15) is 11.8 Å². The van der Waals surface area contributed by atoms with Crippen LogP contribution >= 0.6 is 0 Å². The van der Waals surface area contributed by atoms with Gasteiger partial charge in [-0.2, -0.15) is 0 Å². The Bertz CT molecular complexity index is 1030. The highest BCUT2D eigenvalue weighted by molar-refractivity contribution is 7.92. The quantitative estimate of drug-likeness (QED) is 0.590. The summed E-state index contributed by atoms with van der Waals surface area (Å²) in [6.45, 7) is 5.47. The summed E-state index contributed by atoms with van der Waals surface area (Å²) in [7, 11) is -2.24. The number of hydrogen-bond acceptors (Lipinski definition) is 6. The van der Waals surface area contributed by atoms with Crippen molar-refractivity contribution in [2.24, 2.45) is 0 Å². The van der Waals surface area contributed by atoms with Crippen LogP contribution in [-0.2, 0) is 19.6 Å². The first-order chi connectivity index (χ1) is 14.6. The molecule has 9 heteroatoms. The van der Waals surface area contributed by atoms with Gasteiger partial charge < -0.3 is 14.8 Å². The van der Waals surface area contributed by atoms with Crippen molar-refractivity contribution in [2.45, 2.75) is 33.2 Å². The minimum Gasteiger partial charge on any atom is -0.497 e. The molecule has 0 bridgehead atoms. The lowest BCUT2D eigenvalue weighted by molar-refractivity contribution is -0.117. The SMILES string of the molecule is CCOC(=O)c1ccc(NC(=O)[C@@H](CC)N(c2ccc(OC)cc2)S(C)(=O)=O)c(C)c1. The van der Waals surface area contributed by atoms with Gasteiger partial charge >= 0.3 is 5.97 Å². The fourth-order valence-corrected chi connectivity index (χ4v) is 4.36. The van der Waals surface area contributed by atoms with Crippen molar-refractivity contribution in [3.05, 3.63) is 53.6 Å². The van der Waals surface area contributed by atoms with Gasteiger partial charge in [-0.05, 0) is 68.3 Å². The number of esters is 1. The van der Waals surface area contributed by atoms with E-state index >= 15 is 0 Å². The van der Waals surface area contributed by atoms with Crippen molar-refractivity contribution >= 4 is 33.3 Å². The van der Waals surface area contributed by atoms with Gasteiger partial charge in [0.15, 0.2) is 0 Å². The van der Waals surface area contributed by atoms with Gasteiger partial charge in [0.25, 0.3) is 0 Å². The normalized spacial score (nSPS) is 12.0. The van der Waals surface area contributed by atoms with Crippen LogP contribution in [0.5, 0.6) is 5.75 Å². The van der Waals surface area contributed by atoms with Crippen LogP contribution in [0.2, 0.25) is 0 Å². The maximum Gasteiger partial charge on any atom is 0.338 e. The molecule has 31 heavy (non-hydrogen) atoms. The zero-order valence-electron chi connectivity index (χ0n) is 18.3. The molecule has 1 N–H and O–H groups in total. The van der Waals surface area contributed by atoms with E-state index in [-0.39, 0.29) is 13.0 Å². The van der Waals surface area contributed by atoms with Crippen molar-refractivity contribution in [3.63, 3.8) is 0 Å². The summed E-state index contributed by atoms with van der Waals surface area (Å²) in [6, 6.07) is 10.3. The van der Waals surface area contributed by atoms with Crippen LogP contribution in [0.1, 0.15) is 36.2 Å². The predicted octanol–water partition coefficient (Wildman–Crippen LogP) is 3.36. The third kappa shape index (κ3) is 5.97. The van der Waals surface area contributed by atoms with E-state index in [0.29, 0.717) is 28.3 Å². The summed E-state index contributed by atoms with van der Waals surface area (Å²) in [5.74, 6) is -0.347. The second-order valence-electron chi connectivity index (χ2n) is 6.92. The second kappa shape index (κ2) is 10.3. The standard InChI is InChI=1S/C22H28N2O6S/c1-6-20(24(31(5,27)28)17-9-11-18(29-4)12-10-17)21(25)23-19-13-8-16(14-15(19)3)22(26)30-7-2/h8-14,20H,6-7H2,1-5H3,(H,23,25)/t20-/m1/s1. The molecule has 1 atom stereocenters. The van der Waals surface area contributed by atoms with Crippen LogP contribution in [0.15, 0.2) is 42.5 Å². The van der Waals surface area contributed by atoms with Crippen LogP contribution in [0.25, 0.3) is 0 Å². The number of ether oxygens (including phenoxy) is 2. The number of amides is 1. The number of nitrogens with zero attached hydrogens (tertiary/aromatic N) is 1. The number of nitrogens with one attached hydrogen (secondary N) is 1. The molecule has 2 rings (SSSR count). The minimum absolute atomic E-state index is 0.255. The van der Waals surface area contributed by atoms with Crippen LogP contribution in [0.4, 0.5) is 11.4 Å². The summed E-state index contributed by atoms with van der Waals surface area (Å²) in [4.78, 5) is 25.0. The molecular weight excluding hydrogens is 420 g/mol. The highest BCUT2D eigenvalue weighted by Crippen LogP contribution is 2.26. The van der Waals surface area contributed by atoms with E-state index in [1.54, 1.807) is 63.2 Å². The lowest BCUT2D eigenvalue weighted by Gasteiger charge is -2.30. The number of aryl methyl sites for hydroxylation is 1. The number of rotatable bonds is 9. The van der Waals surface area contributed by atoms with Crippen molar-refractivity contribution in [1.29, 1.82) is 0 Å². The van der Waals surface area contributed by atoms with Gasteiger partial charge in [-0.25, -0.2) is 13.2 Å². The van der Waals surface area contributed by atoms with Gasteiger partial charge in [-0.3, -0.25) is 9.10 Å². The monoisotopic (exact) mass is 448 g/mol. The van der Waals surface area contributed by atoms with Crippen LogP contribution < -0.4 is 14.4 Å².